The topological polar surface area (TPSA) is 82.5 Å². The molecule has 0 unspecified atom stereocenters. The van der Waals surface area contributed by atoms with Gasteiger partial charge in [0.05, 0.1) is 19.6 Å². The van der Waals surface area contributed by atoms with Gasteiger partial charge in [-0.25, -0.2) is 0 Å². The first kappa shape index (κ1) is 19.4. The van der Waals surface area contributed by atoms with Crippen LogP contribution in [0.15, 0.2) is 47.3 Å². The van der Waals surface area contributed by atoms with Crippen molar-refractivity contribution in [3.8, 4) is 17.2 Å². The van der Waals surface area contributed by atoms with Gasteiger partial charge in [-0.15, -0.1) is 0 Å². The molecule has 0 fully saturated rings. The van der Waals surface area contributed by atoms with Crippen LogP contribution in [0.1, 0.15) is 30.3 Å². The van der Waals surface area contributed by atoms with Crippen LogP contribution in [0.3, 0.4) is 0 Å². The van der Waals surface area contributed by atoms with E-state index in [0.717, 1.165) is 12.8 Å². The van der Waals surface area contributed by atoms with Crippen LogP contribution in [0, 0.1) is 0 Å². The Morgan fingerprint density at radius 2 is 1.86 bits per heavy atom. The zero-order chi connectivity index (χ0) is 20.1. The lowest BCUT2D eigenvalue weighted by Crippen LogP contribution is -2.30. The minimum absolute atomic E-state index is 0.198. The number of carbonyl (C=O) groups is 1. The summed E-state index contributed by atoms with van der Waals surface area (Å²) in [6, 6.07) is 12.0. The van der Waals surface area contributed by atoms with E-state index in [2.05, 4.69) is 17.3 Å². The van der Waals surface area contributed by atoms with Gasteiger partial charge in [0.2, 0.25) is 0 Å². The fraction of sp³-hybridized carbons (Fsp3) is 0.286. The highest BCUT2D eigenvalue weighted by molar-refractivity contribution is 6.04. The highest BCUT2D eigenvalue weighted by Gasteiger charge is 2.19. The lowest BCUT2D eigenvalue weighted by atomic mass is 10.1. The Morgan fingerprint density at radius 3 is 2.54 bits per heavy atom. The molecular weight excluding hydrogens is 358 g/mol. The molecule has 7 heteroatoms. The summed E-state index contributed by atoms with van der Waals surface area (Å²) in [5, 5.41) is 8.19. The molecule has 1 N–H and O–H groups in total. The van der Waals surface area contributed by atoms with Crippen LogP contribution in [0.5, 0.6) is 11.5 Å². The van der Waals surface area contributed by atoms with E-state index in [1.165, 1.54) is 11.8 Å². The van der Waals surface area contributed by atoms with Crippen molar-refractivity contribution in [1.29, 1.82) is 0 Å². The van der Waals surface area contributed by atoms with Gasteiger partial charge >= 0.3 is 0 Å². The van der Waals surface area contributed by atoms with Gasteiger partial charge in [0.15, 0.2) is 5.69 Å². The Bertz CT molecular complexity index is 1060. The van der Waals surface area contributed by atoms with Crippen LogP contribution in [0.25, 0.3) is 16.5 Å². The maximum atomic E-state index is 13.1. The summed E-state index contributed by atoms with van der Waals surface area (Å²) in [4.78, 5) is 25.8. The number of nitrogens with zero attached hydrogens (tertiary/aromatic N) is 2. The molecule has 28 heavy (non-hydrogen) atoms. The average molecular weight is 381 g/mol. The van der Waals surface area contributed by atoms with E-state index >= 15 is 0 Å². The first-order chi connectivity index (χ1) is 13.6. The number of unbranched alkanes of at least 4 members (excludes halogenated alkanes) is 1. The van der Waals surface area contributed by atoms with Gasteiger partial charge in [0.25, 0.3) is 11.5 Å². The van der Waals surface area contributed by atoms with Crippen molar-refractivity contribution in [1.82, 2.24) is 15.1 Å². The third kappa shape index (κ3) is 3.69. The van der Waals surface area contributed by atoms with Gasteiger partial charge in [0.1, 0.15) is 17.2 Å². The fourth-order valence-corrected chi connectivity index (χ4v) is 2.94. The molecule has 0 bridgehead atoms. The molecule has 1 aromatic heterocycles. The van der Waals surface area contributed by atoms with Crippen LogP contribution in [-0.2, 0) is 0 Å². The van der Waals surface area contributed by atoms with Gasteiger partial charge in [0, 0.05) is 18.0 Å². The van der Waals surface area contributed by atoms with E-state index in [0.29, 0.717) is 34.5 Å². The third-order valence-corrected chi connectivity index (χ3v) is 4.45. The van der Waals surface area contributed by atoms with E-state index in [4.69, 9.17) is 9.47 Å². The second-order valence-electron chi connectivity index (χ2n) is 6.26. The summed E-state index contributed by atoms with van der Waals surface area (Å²) >= 11 is 0. The monoisotopic (exact) mass is 381 g/mol. The first-order valence-electron chi connectivity index (χ1n) is 9.13. The van der Waals surface area contributed by atoms with E-state index in [-0.39, 0.29) is 17.2 Å². The molecule has 1 heterocycles. The Balaban J connectivity index is 2.20. The number of hydrogen-bond donors (Lipinski definition) is 1. The van der Waals surface area contributed by atoms with Gasteiger partial charge < -0.3 is 14.8 Å². The van der Waals surface area contributed by atoms with Crippen LogP contribution in [-0.4, -0.2) is 36.5 Å². The molecule has 1 amide bonds. The predicted molar refractivity (Wildman–Crippen MR) is 108 cm³/mol. The standard InChI is InChI=1S/C21H23N3O4/c1-4-5-12-22-20(25)19-15-8-6-7-9-16(15)21(26)24(23-19)17-11-10-14(27-2)13-18(17)28-3/h6-11,13H,4-5,12H2,1-3H3,(H,22,25). The number of ether oxygens (including phenoxy) is 2. The van der Waals surface area contributed by atoms with Crippen LogP contribution < -0.4 is 20.3 Å². The third-order valence-electron chi connectivity index (χ3n) is 4.45. The molecule has 0 aliphatic rings. The van der Waals surface area contributed by atoms with Crippen molar-refractivity contribution >= 4 is 16.7 Å². The SMILES string of the molecule is CCCCNC(=O)c1nn(-c2ccc(OC)cc2OC)c(=O)c2ccccc12. The number of carbonyl (C=O) groups excluding carboxylic acids is 1. The van der Waals surface area contributed by atoms with Gasteiger partial charge in [-0.05, 0) is 24.6 Å². The summed E-state index contributed by atoms with van der Waals surface area (Å²) in [7, 11) is 3.05. The van der Waals surface area contributed by atoms with Crippen LogP contribution >= 0.6 is 0 Å². The summed E-state index contributed by atoms with van der Waals surface area (Å²) < 4.78 is 11.8. The number of nitrogens with one attached hydrogen (secondary N) is 1. The average Bonchev–Trinajstić information content (AvgIpc) is 2.74. The molecule has 3 rings (SSSR count). The lowest BCUT2D eigenvalue weighted by Gasteiger charge is -2.14. The minimum Gasteiger partial charge on any atom is -0.497 e. The zero-order valence-corrected chi connectivity index (χ0v) is 16.2. The Labute approximate surface area is 162 Å². The summed E-state index contributed by atoms with van der Waals surface area (Å²) in [6.07, 6.45) is 1.84. The van der Waals surface area contributed by atoms with Crippen molar-refractivity contribution in [2.24, 2.45) is 0 Å². The van der Waals surface area contributed by atoms with Gasteiger partial charge in [-0.3, -0.25) is 9.59 Å². The fourth-order valence-electron chi connectivity index (χ4n) is 2.94. The van der Waals surface area contributed by atoms with Gasteiger partial charge in [-0.1, -0.05) is 31.5 Å². The van der Waals surface area contributed by atoms with Crippen LogP contribution in [0.4, 0.5) is 0 Å². The van der Waals surface area contributed by atoms with E-state index in [1.807, 2.05) is 0 Å². The maximum absolute atomic E-state index is 13.1. The Kier molecular flexibility index (Phi) is 5.93. The summed E-state index contributed by atoms with van der Waals surface area (Å²) in [6.45, 7) is 2.60. The number of fused-ring (bicyclic) bond motifs is 1. The quantitative estimate of drug-likeness (QED) is 0.636. The number of benzene rings is 2. The molecule has 146 valence electrons. The van der Waals surface area contributed by atoms with Crippen LogP contribution in [0.2, 0.25) is 0 Å². The second-order valence-corrected chi connectivity index (χ2v) is 6.26. The molecule has 0 aliphatic heterocycles. The molecule has 0 radical (unpaired) electrons. The highest BCUT2D eigenvalue weighted by atomic mass is 16.5. The molecule has 0 spiro atoms. The molecule has 0 saturated carbocycles. The summed E-state index contributed by atoms with van der Waals surface area (Å²) in [5.74, 6) is 0.694. The molecule has 0 aliphatic carbocycles. The lowest BCUT2D eigenvalue weighted by molar-refractivity contribution is 0.0948. The highest BCUT2D eigenvalue weighted by Crippen LogP contribution is 2.27. The number of rotatable bonds is 7. The summed E-state index contributed by atoms with van der Waals surface area (Å²) in [5.41, 5.74) is 0.301. The number of methoxy groups -OCH3 is 2. The van der Waals surface area contributed by atoms with Gasteiger partial charge in [-0.2, -0.15) is 9.78 Å². The smallest absolute Gasteiger partial charge is 0.279 e. The number of aromatic nitrogens is 2. The molecule has 2 aromatic carbocycles. The number of hydrogen-bond acceptors (Lipinski definition) is 5. The van der Waals surface area contributed by atoms with Crippen molar-refractivity contribution in [2.45, 2.75) is 19.8 Å². The molecule has 3 aromatic rings. The normalized spacial score (nSPS) is 10.7. The molecule has 0 atom stereocenters. The Hall–Kier alpha value is -3.35. The molecule has 7 nitrogen and oxygen atoms in total. The molecular formula is C21H23N3O4. The van der Waals surface area contributed by atoms with Crippen molar-refractivity contribution < 1.29 is 14.3 Å². The van der Waals surface area contributed by atoms with E-state index < -0.39 is 0 Å². The first-order valence-corrected chi connectivity index (χ1v) is 9.13. The number of amides is 1. The minimum atomic E-state index is -0.329. The van der Waals surface area contributed by atoms with Crippen molar-refractivity contribution in [3.63, 3.8) is 0 Å². The van der Waals surface area contributed by atoms with Crippen molar-refractivity contribution in [3.05, 3.63) is 58.5 Å². The zero-order valence-electron chi connectivity index (χ0n) is 16.2. The van der Waals surface area contributed by atoms with E-state index in [1.54, 1.807) is 49.6 Å². The molecule has 0 saturated heterocycles. The predicted octanol–water partition coefficient (Wildman–Crippen LogP) is 2.93. The largest absolute Gasteiger partial charge is 0.497 e. The van der Waals surface area contributed by atoms with Crippen molar-refractivity contribution in [2.75, 3.05) is 20.8 Å². The maximum Gasteiger partial charge on any atom is 0.279 e. The second kappa shape index (κ2) is 8.56. The van der Waals surface area contributed by atoms with E-state index in [9.17, 15) is 9.59 Å². The Morgan fingerprint density at radius 1 is 1.11 bits per heavy atom.